The smallest absolute Gasteiger partial charge is 0.326 e. The molecule has 1 saturated heterocycles. The molecule has 2 fully saturated rings. The molecule has 0 bridgehead atoms. The van der Waals surface area contributed by atoms with Crippen molar-refractivity contribution in [3.8, 4) is 0 Å². The van der Waals surface area contributed by atoms with Gasteiger partial charge in [-0.05, 0) is 12.8 Å². The van der Waals surface area contributed by atoms with Gasteiger partial charge < -0.3 is 5.11 Å². The van der Waals surface area contributed by atoms with Crippen molar-refractivity contribution in [3.05, 3.63) is 0 Å². The minimum absolute atomic E-state index is 0.0326. The third kappa shape index (κ3) is 1.48. The molecule has 1 atom stereocenters. The lowest BCUT2D eigenvalue weighted by Crippen LogP contribution is -2.44. The fraction of sp³-hybridized carbons (Fsp3) is 0.778. The molecule has 0 aromatic rings. The summed E-state index contributed by atoms with van der Waals surface area (Å²) in [5, 5.41) is 11.6. The first kappa shape index (κ1) is 9.45. The monoisotopic (exact) mass is 198 g/mol. The van der Waals surface area contributed by atoms with Crippen LogP contribution in [-0.2, 0) is 4.79 Å². The van der Waals surface area contributed by atoms with Crippen LogP contribution in [0.5, 0.6) is 0 Å². The molecule has 78 valence electrons. The van der Waals surface area contributed by atoms with Crippen LogP contribution >= 0.6 is 0 Å². The maximum absolute atomic E-state index is 11.3. The molecule has 0 spiro atoms. The molecule has 1 unspecified atom stereocenters. The van der Waals surface area contributed by atoms with Crippen LogP contribution in [-0.4, -0.2) is 34.2 Å². The summed E-state index contributed by atoms with van der Waals surface area (Å²) in [6.07, 6.45) is 3.81. The molecule has 5 heteroatoms. The summed E-state index contributed by atoms with van der Waals surface area (Å²) in [5.41, 5.74) is 0. The summed E-state index contributed by atoms with van der Waals surface area (Å²) in [5.74, 6) is -0.597. The van der Waals surface area contributed by atoms with Crippen LogP contribution < -0.4 is 5.32 Å². The van der Waals surface area contributed by atoms with E-state index in [1.807, 2.05) is 0 Å². The summed E-state index contributed by atoms with van der Waals surface area (Å²) in [6, 6.07) is -0.417. The van der Waals surface area contributed by atoms with Crippen LogP contribution in [0.2, 0.25) is 0 Å². The van der Waals surface area contributed by atoms with E-state index < -0.39 is 18.2 Å². The topological polar surface area (TPSA) is 69.6 Å². The van der Waals surface area contributed by atoms with Crippen LogP contribution in [0, 0.1) is 0 Å². The highest BCUT2D eigenvalue weighted by Crippen LogP contribution is 2.25. The van der Waals surface area contributed by atoms with E-state index in [4.69, 9.17) is 0 Å². The SMILES string of the molecule is O=C1NC(=O)N(C2CCCCC2)C1O. The second kappa shape index (κ2) is 3.57. The number of hydrogen-bond acceptors (Lipinski definition) is 3. The molecular formula is C9H14N2O3. The number of rotatable bonds is 1. The average Bonchev–Trinajstić information content (AvgIpc) is 2.43. The zero-order valence-electron chi connectivity index (χ0n) is 7.90. The number of aliphatic hydroxyl groups is 1. The van der Waals surface area contributed by atoms with Gasteiger partial charge in [-0.3, -0.25) is 15.0 Å². The Hall–Kier alpha value is -1.10. The third-order valence-corrected chi connectivity index (χ3v) is 2.93. The first-order valence-electron chi connectivity index (χ1n) is 5.01. The molecule has 0 aromatic heterocycles. The van der Waals surface area contributed by atoms with E-state index in [0.29, 0.717) is 0 Å². The van der Waals surface area contributed by atoms with Gasteiger partial charge >= 0.3 is 6.03 Å². The van der Waals surface area contributed by atoms with Gasteiger partial charge in [0.1, 0.15) is 0 Å². The number of nitrogens with one attached hydrogen (secondary N) is 1. The van der Waals surface area contributed by atoms with Gasteiger partial charge in [-0.15, -0.1) is 0 Å². The molecule has 14 heavy (non-hydrogen) atoms. The van der Waals surface area contributed by atoms with Crippen molar-refractivity contribution in [2.75, 3.05) is 0 Å². The highest BCUT2D eigenvalue weighted by atomic mass is 16.3. The van der Waals surface area contributed by atoms with E-state index in [1.165, 1.54) is 11.3 Å². The molecule has 2 N–H and O–H groups in total. The Kier molecular flexibility index (Phi) is 2.41. The number of carbonyl (C=O) groups excluding carboxylic acids is 2. The Morgan fingerprint density at radius 2 is 1.86 bits per heavy atom. The summed E-state index contributed by atoms with van der Waals surface area (Å²) in [6.45, 7) is 0. The quantitative estimate of drug-likeness (QED) is 0.591. The Labute approximate surface area is 82.1 Å². The number of amides is 3. The Morgan fingerprint density at radius 1 is 1.21 bits per heavy atom. The number of carbonyl (C=O) groups is 2. The van der Waals surface area contributed by atoms with E-state index in [1.54, 1.807) is 0 Å². The lowest BCUT2D eigenvalue weighted by atomic mass is 9.94. The van der Waals surface area contributed by atoms with E-state index in [9.17, 15) is 14.7 Å². The first-order chi connectivity index (χ1) is 6.70. The second-order valence-corrected chi connectivity index (χ2v) is 3.87. The van der Waals surface area contributed by atoms with E-state index >= 15 is 0 Å². The minimum atomic E-state index is -1.27. The fourth-order valence-corrected chi connectivity index (χ4v) is 2.20. The molecule has 3 amide bonds. The van der Waals surface area contributed by atoms with Gasteiger partial charge in [0.05, 0.1) is 0 Å². The maximum atomic E-state index is 11.3. The van der Waals surface area contributed by atoms with E-state index in [-0.39, 0.29) is 6.04 Å². The van der Waals surface area contributed by atoms with Gasteiger partial charge in [0.25, 0.3) is 5.91 Å². The third-order valence-electron chi connectivity index (χ3n) is 2.93. The molecule has 0 aromatic carbocycles. The van der Waals surface area contributed by atoms with E-state index in [0.717, 1.165) is 25.7 Å². The maximum Gasteiger partial charge on any atom is 0.326 e. The summed E-state index contributed by atoms with van der Waals surface area (Å²) in [4.78, 5) is 23.6. The van der Waals surface area contributed by atoms with Gasteiger partial charge in [0, 0.05) is 6.04 Å². The van der Waals surface area contributed by atoms with Crippen molar-refractivity contribution in [2.24, 2.45) is 0 Å². The Bertz CT molecular complexity index is 261. The highest BCUT2D eigenvalue weighted by Gasteiger charge is 2.41. The van der Waals surface area contributed by atoms with Crippen LogP contribution in [0.15, 0.2) is 0 Å². The number of hydrogen-bond donors (Lipinski definition) is 2. The lowest BCUT2D eigenvalue weighted by Gasteiger charge is -2.31. The minimum Gasteiger partial charge on any atom is -0.365 e. The molecular weight excluding hydrogens is 184 g/mol. The fourth-order valence-electron chi connectivity index (χ4n) is 2.20. The molecule has 1 saturated carbocycles. The average molecular weight is 198 g/mol. The zero-order chi connectivity index (χ0) is 10.1. The van der Waals surface area contributed by atoms with Crippen LogP contribution in [0.4, 0.5) is 4.79 Å². The molecule has 1 heterocycles. The van der Waals surface area contributed by atoms with Gasteiger partial charge in [-0.1, -0.05) is 19.3 Å². The Balaban J connectivity index is 2.08. The van der Waals surface area contributed by atoms with Crippen molar-refractivity contribution in [3.63, 3.8) is 0 Å². The number of nitrogens with zero attached hydrogens (tertiary/aromatic N) is 1. The number of urea groups is 1. The zero-order valence-corrected chi connectivity index (χ0v) is 7.90. The molecule has 1 aliphatic heterocycles. The Morgan fingerprint density at radius 3 is 2.36 bits per heavy atom. The van der Waals surface area contributed by atoms with E-state index in [2.05, 4.69) is 5.32 Å². The first-order valence-corrected chi connectivity index (χ1v) is 5.01. The largest absolute Gasteiger partial charge is 0.365 e. The van der Waals surface area contributed by atoms with Gasteiger partial charge in [0.2, 0.25) is 6.23 Å². The predicted molar refractivity (Wildman–Crippen MR) is 48.3 cm³/mol. The molecule has 2 aliphatic rings. The van der Waals surface area contributed by atoms with Gasteiger partial charge in [-0.2, -0.15) is 0 Å². The van der Waals surface area contributed by atoms with Crippen molar-refractivity contribution >= 4 is 11.9 Å². The number of aliphatic hydroxyl groups excluding tert-OH is 1. The molecule has 1 aliphatic carbocycles. The van der Waals surface area contributed by atoms with Crippen LogP contribution in [0.1, 0.15) is 32.1 Å². The standard InChI is InChI=1S/C9H14N2O3/c12-7-8(13)11(9(14)10-7)6-4-2-1-3-5-6/h6,8,13H,1-5H2,(H,10,12,14). The summed E-state index contributed by atoms with van der Waals surface area (Å²) < 4.78 is 0. The van der Waals surface area contributed by atoms with Crippen molar-refractivity contribution in [1.29, 1.82) is 0 Å². The predicted octanol–water partition coefficient (Wildman–Crippen LogP) is 0.189. The summed E-state index contributed by atoms with van der Waals surface area (Å²) >= 11 is 0. The van der Waals surface area contributed by atoms with Gasteiger partial charge in [-0.25, -0.2) is 4.79 Å². The van der Waals surface area contributed by atoms with Crippen LogP contribution in [0.25, 0.3) is 0 Å². The van der Waals surface area contributed by atoms with Gasteiger partial charge in [0.15, 0.2) is 0 Å². The van der Waals surface area contributed by atoms with Crippen molar-refractivity contribution in [1.82, 2.24) is 10.2 Å². The highest BCUT2D eigenvalue weighted by molar-refractivity contribution is 6.03. The number of imide groups is 1. The normalized spacial score (nSPS) is 29.5. The molecule has 0 radical (unpaired) electrons. The summed E-state index contributed by atoms with van der Waals surface area (Å²) in [7, 11) is 0. The molecule has 5 nitrogen and oxygen atoms in total. The van der Waals surface area contributed by atoms with Crippen molar-refractivity contribution < 1.29 is 14.7 Å². The van der Waals surface area contributed by atoms with Crippen LogP contribution in [0.3, 0.4) is 0 Å². The lowest BCUT2D eigenvalue weighted by molar-refractivity contribution is -0.131. The molecule has 2 rings (SSSR count). The second-order valence-electron chi connectivity index (χ2n) is 3.87. The van der Waals surface area contributed by atoms with Crippen molar-refractivity contribution in [2.45, 2.75) is 44.4 Å².